The number of benzene rings is 2. The van der Waals surface area contributed by atoms with E-state index in [9.17, 15) is 4.79 Å². The molecule has 0 saturated carbocycles. The standard InChI is InChI=1S/C21H22ClN3O2/c22-18-8-1-2-9-20(18)25-12-10-19(21(25)26)24-15-16-6-5-7-17(14-16)27-13-4-3-11-23/h1-2,5-9,14,19,24H,3-4,10,12-13,15H2. The first-order chi connectivity index (χ1) is 13.2. The number of carbonyl (C=O) groups is 1. The Bertz CT molecular complexity index is 834. The molecule has 1 amide bonds. The van der Waals surface area contributed by atoms with Crippen LogP contribution in [0.5, 0.6) is 5.75 Å². The van der Waals surface area contributed by atoms with Gasteiger partial charge in [0.2, 0.25) is 5.91 Å². The van der Waals surface area contributed by atoms with Crippen molar-refractivity contribution in [2.24, 2.45) is 0 Å². The van der Waals surface area contributed by atoms with Crippen LogP contribution in [0.2, 0.25) is 5.02 Å². The Morgan fingerprint density at radius 3 is 2.93 bits per heavy atom. The van der Waals surface area contributed by atoms with Gasteiger partial charge >= 0.3 is 0 Å². The van der Waals surface area contributed by atoms with E-state index in [1.165, 1.54) is 0 Å². The predicted octanol–water partition coefficient (Wildman–Crippen LogP) is 3.92. The van der Waals surface area contributed by atoms with Gasteiger partial charge in [0.05, 0.1) is 29.4 Å². The summed E-state index contributed by atoms with van der Waals surface area (Å²) in [6.45, 7) is 1.77. The third-order valence-corrected chi connectivity index (χ3v) is 4.82. The third kappa shape index (κ3) is 5.00. The van der Waals surface area contributed by atoms with Crippen molar-refractivity contribution in [2.75, 3.05) is 18.1 Å². The van der Waals surface area contributed by atoms with Crippen LogP contribution < -0.4 is 15.0 Å². The summed E-state index contributed by atoms with van der Waals surface area (Å²) in [5, 5.41) is 12.5. The lowest BCUT2D eigenvalue weighted by Gasteiger charge is -2.18. The second-order valence-corrected chi connectivity index (χ2v) is 6.83. The molecule has 3 rings (SSSR count). The van der Waals surface area contributed by atoms with Crippen molar-refractivity contribution in [3.8, 4) is 11.8 Å². The van der Waals surface area contributed by atoms with Gasteiger partial charge in [-0.1, -0.05) is 35.9 Å². The summed E-state index contributed by atoms with van der Waals surface area (Å²) < 4.78 is 5.66. The van der Waals surface area contributed by atoms with Crippen molar-refractivity contribution in [3.05, 3.63) is 59.1 Å². The minimum atomic E-state index is -0.221. The highest BCUT2D eigenvalue weighted by Crippen LogP contribution is 2.29. The molecule has 1 fully saturated rings. The zero-order valence-electron chi connectivity index (χ0n) is 15.0. The molecule has 1 N–H and O–H groups in total. The van der Waals surface area contributed by atoms with Gasteiger partial charge in [0.15, 0.2) is 0 Å². The number of ether oxygens (including phenoxy) is 1. The van der Waals surface area contributed by atoms with Gasteiger partial charge in [0.1, 0.15) is 5.75 Å². The molecule has 2 aromatic rings. The molecule has 5 nitrogen and oxygen atoms in total. The van der Waals surface area contributed by atoms with Gasteiger partial charge in [-0.05, 0) is 42.7 Å². The Kier molecular flexibility index (Phi) is 6.69. The topological polar surface area (TPSA) is 65.4 Å². The summed E-state index contributed by atoms with van der Waals surface area (Å²) in [6.07, 6.45) is 1.95. The van der Waals surface area contributed by atoms with Crippen molar-refractivity contribution in [1.29, 1.82) is 5.26 Å². The van der Waals surface area contributed by atoms with Gasteiger partial charge in [-0.2, -0.15) is 5.26 Å². The molecule has 27 heavy (non-hydrogen) atoms. The fourth-order valence-electron chi connectivity index (χ4n) is 3.11. The Balaban J connectivity index is 1.54. The van der Waals surface area contributed by atoms with Crippen molar-refractivity contribution >= 4 is 23.2 Å². The van der Waals surface area contributed by atoms with Gasteiger partial charge in [0.25, 0.3) is 0 Å². The van der Waals surface area contributed by atoms with Gasteiger partial charge in [-0.3, -0.25) is 4.79 Å². The monoisotopic (exact) mass is 383 g/mol. The zero-order chi connectivity index (χ0) is 19.1. The van der Waals surface area contributed by atoms with E-state index in [0.29, 0.717) is 37.6 Å². The molecule has 0 aromatic heterocycles. The molecular weight excluding hydrogens is 362 g/mol. The van der Waals surface area contributed by atoms with E-state index in [0.717, 1.165) is 23.4 Å². The first-order valence-electron chi connectivity index (χ1n) is 9.07. The van der Waals surface area contributed by atoms with E-state index in [2.05, 4.69) is 11.4 Å². The number of nitrogens with zero attached hydrogens (tertiary/aromatic N) is 2. The largest absolute Gasteiger partial charge is 0.494 e. The first kappa shape index (κ1) is 19.2. The molecule has 1 heterocycles. The molecule has 0 spiro atoms. The maximum absolute atomic E-state index is 12.7. The highest BCUT2D eigenvalue weighted by molar-refractivity contribution is 6.33. The molecule has 1 saturated heterocycles. The van der Waals surface area contributed by atoms with E-state index in [4.69, 9.17) is 21.6 Å². The summed E-state index contributed by atoms with van der Waals surface area (Å²) >= 11 is 6.22. The maximum Gasteiger partial charge on any atom is 0.244 e. The molecule has 0 aliphatic carbocycles. The number of amides is 1. The first-order valence-corrected chi connectivity index (χ1v) is 9.45. The van der Waals surface area contributed by atoms with Crippen LogP contribution in [-0.2, 0) is 11.3 Å². The summed E-state index contributed by atoms with van der Waals surface area (Å²) in [6, 6.07) is 17.1. The normalized spacial score (nSPS) is 16.4. The fourth-order valence-corrected chi connectivity index (χ4v) is 3.34. The molecule has 1 unspecified atom stereocenters. The van der Waals surface area contributed by atoms with Crippen LogP contribution in [0.3, 0.4) is 0 Å². The van der Waals surface area contributed by atoms with E-state index < -0.39 is 0 Å². The Morgan fingerprint density at radius 2 is 2.11 bits per heavy atom. The molecule has 0 bridgehead atoms. The average Bonchev–Trinajstić information content (AvgIpc) is 3.05. The molecule has 6 heteroatoms. The number of halogens is 1. The lowest BCUT2D eigenvalue weighted by Crippen LogP contribution is -2.38. The predicted molar refractivity (Wildman–Crippen MR) is 106 cm³/mol. The molecule has 1 atom stereocenters. The molecule has 1 aliphatic heterocycles. The van der Waals surface area contributed by atoms with E-state index in [-0.39, 0.29) is 11.9 Å². The summed E-state index contributed by atoms with van der Waals surface area (Å²) in [4.78, 5) is 14.4. The molecule has 1 aliphatic rings. The van der Waals surface area contributed by atoms with Gasteiger partial charge in [-0.25, -0.2) is 0 Å². The Morgan fingerprint density at radius 1 is 1.26 bits per heavy atom. The Hall–Kier alpha value is -2.55. The molecule has 140 valence electrons. The molecule has 2 aromatic carbocycles. The number of anilines is 1. The van der Waals surface area contributed by atoms with E-state index in [1.54, 1.807) is 11.0 Å². The summed E-state index contributed by atoms with van der Waals surface area (Å²) in [7, 11) is 0. The van der Waals surface area contributed by atoms with E-state index in [1.807, 2.05) is 42.5 Å². The van der Waals surface area contributed by atoms with Crippen LogP contribution in [0.15, 0.2) is 48.5 Å². The maximum atomic E-state index is 12.7. The number of hydrogen-bond acceptors (Lipinski definition) is 4. The van der Waals surface area contributed by atoms with Crippen molar-refractivity contribution in [1.82, 2.24) is 5.32 Å². The fraction of sp³-hybridized carbons (Fsp3) is 0.333. The van der Waals surface area contributed by atoms with Gasteiger partial charge in [-0.15, -0.1) is 0 Å². The smallest absolute Gasteiger partial charge is 0.244 e. The van der Waals surface area contributed by atoms with Crippen LogP contribution in [-0.4, -0.2) is 25.1 Å². The number of rotatable bonds is 8. The van der Waals surface area contributed by atoms with Crippen LogP contribution in [0.25, 0.3) is 0 Å². The SMILES string of the molecule is N#CCCCOc1cccc(CNC2CCN(c3ccccc3Cl)C2=O)c1. The summed E-state index contributed by atoms with van der Waals surface area (Å²) in [5.41, 5.74) is 1.82. The lowest BCUT2D eigenvalue weighted by molar-refractivity contribution is -0.118. The molecule has 0 radical (unpaired) electrons. The van der Waals surface area contributed by atoms with Crippen molar-refractivity contribution in [3.63, 3.8) is 0 Å². The number of para-hydroxylation sites is 1. The minimum absolute atomic E-state index is 0.0482. The number of hydrogen-bond donors (Lipinski definition) is 1. The van der Waals surface area contributed by atoms with Crippen LogP contribution in [0.4, 0.5) is 5.69 Å². The van der Waals surface area contributed by atoms with E-state index >= 15 is 0 Å². The van der Waals surface area contributed by atoms with Gasteiger partial charge < -0.3 is 15.0 Å². The van der Waals surface area contributed by atoms with Crippen LogP contribution in [0.1, 0.15) is 24.8 Å². The zero-order valence-corrected chi connectivity index (χ0v) is 15.8. The number of nitriles is 1. The number of carbonyl (C=O) groups excluding carboxylic acids is 1. The van der Waals surface area contributed by atoms with Crippen molar-refractivity contribution in [2.45, 2.75) is 31.8 Å². The second kappa shape index (κ2) is 9.40. The third-order valence-electron chi connectivity index (χ3n) is 4.50. The minimum Gasteiger partial charge on any atom is -0.494 e. The highest BCUT2D eigenvalue weighted by Gasteiger charge is 2.32. The highest BCUT2D eigenvalue weighted by atomic mass is 35.5. The lowest BCUT2D eigenvalue weighted by atomic mass is 10.2. The van der Waals surface area contributed by atoms with Gasteiger partial charge in [0, 0.05) is 19.5 Å². The molecular formula is C21H22ClN3O2. The second-order valence-electron chi connectivity index (χ2n) is 6.42. The Labute approximate surface area is 164 Å². The van der Waals surface area contributed by atoms with Crippen molar-refractivity contribution < 1.29 is 9.53 Å². The average molecular weight is 384 g/mol. The number of nitrogens with one attached hydrogen (secondary N) is 1. The van der Waals surface area contributed by atoms with Crippen LogP contribution >= 0.6 is 11.6 Å². The van der Waals surface area contributed by atoms with Crippen LogP contribution in [0, 0.1) is 11.3 Å². The number of unbranched alkanes of at least 4 members (excludes halogenated alkanes) is 1. The quantitative estimate of drug-likeness (QED) is 0.702. The summed E-state index contributed by atoms with van der Waals surface area (Å²) in [5.74, 6) is 0.828.